The number of aliphatic hydroxyl groups excluding tert-OH is 1. The molecule has 1 amide bonds. The monoisotopic (exact) mass is 304 g/mol. The van der Waals surface area contributed by atoms with E-state index in [2.05, 4.69) is 10.3 Å². The molecule has 1 aromatic heterocycles. The molecule has 0 fully saturated rings. The van der Waals surface area contributed by atoms with E-state index in [4.69, 9.17) is 0 Å². The zero-order chi connectivity index (χ0) is 16.3. The lowest BCUT2D eigenvalue weighted by molar-refractivity contribution is 0.0921. The van der Waals surface area contributed by atoms with Gasteiger partial charge in [0.2, 0.25) is 0 Å². The van der Waals surface area contributed by atoms with Gasteiger partial charge in [0, 0.05) is 23.7 Å². The largest absolute Gasteiger partial charge is 0.393 e. The zero-order valence-corrected chi connectivity index (χ0v) is 13.1. The Bertz CT molecular complexity index is 680. The molecule has 0 saturated heterocycles. The number of halogens is 1. The number of carbonyl (C=O) groups excluding carboxylic acids is 1. The first kappa shape index (κ1) is 16.4. The van der Waals surface area contributed by atoms with Crippen LogP contribution < -0.4 is 5.32 Å². The lowest BCUT2D eigenvalue weighted by atomic mass is 10.0. The number of rotatable bonds is 5. The van der Waals surface area contributed by atoms with E-state index in [9.17, 15) is 14.3 Å². The molecule has 1 unspecified atom stereocenters. The minimum atomic E-state index is -0.440. The summed E-state index contributed by atoms with van der Waals surface area (Å²) >= 11 is 0. The van der Waals surface area contributed by atoms with Crippen molar-refractivity contribution < 1.29 is 14.3 Å². The van der Waals surface area contributed by atoms with E-state index >= 15 is 0 Å². The highest BCUT2D eigenvalue weighted by molar-refractivity contribution is 6.06. The average molecular weight is 304 g/mol. The Labute approximate surface area is 129 Å². The maximum Gasteiger partial charge on any atom is 0.252 e. The third-order valence-corrected chi connectivity index (χ3v) is 3.64. The number of pyridine rings is 1. The zero-order valence-electron chi connectivity index (χ0n) is 13.1. The van der Waals surface area contributed by atoms with Gasteiger partial charge in [0.05, 0.1) is 17.2 Å². The number of carbonyl (C=O) groups is 1. The van der Waals surface area contributed by atoms with Gasteiger partial charge in [0.15, 0.2) is 0 Å². The summed E-state index contributed by atoms with van der Waals surface area (Å²) in [5.74, 6) is -0.459. The summed E-state index contributed by atoms with van der Waals surface area (Å²) in [6, 6.07) is 5.89. The van der Waals surface area contributed by atoms with Crippen molar-refractivity contribution in [3.8, 4) is 0 Å². The summed E-state index contributed by atoms with van der Waals surface area (Å²) in [6.45, 7) is 6.02. The number of nitrogens with one attached hydrogen (secondary N) is 1. The number of aromatic nitrogens is 1. The molecule has 0 bridgehead atoms. The summed E-state index contributed by atoms with van der Waals surface area (Å²) in [5, 5.41) is 13.2. The molecule has 4 nitrogen and oxygen atoms in total. The highest BCUT2D eigenvalue weighted by atomic mass is 19.1. The number of hydrogen-bond donors (Lipinski definition) is 2. The number of hydrogen-bond acceptors (Lipinski definition) is 3. The van der Waals surface area contributed by atoms with Crippen molar-refractivity contribution in [3.63, 3.8) is 0 Å². The predicted octanol–water partition coefficient (Wildman–Crippen LogP) is 2.82. The second-order valence-electron chi connectivity index (χ2n) is 5.83. The van der Waals surface area contributed by atoms with E-state index in [-0.39, 0.29) is 17.6 Å². The fourth-order valence-electron chi connectivity index (χ4n) is 2.28. The molecule has 0 aliphatic carbocycles. The van der Waals surface area contributed by atoms with Gasteiger partial charge in [-0.1, -0.05) is 13.8 Å². The molecule has 0 radical (unpaired) electrons. The molecular formula is C17H21FN2O2. The minimum Gasteiger partial charge on any atom is -0.393 e. The maximum atomic E-state index is 13.3. The number of benzene rings is 1. The smallest absolute Gasteiger partial charge is 0.252 e. The van der Waals surface area contributed by atoms with Crippen LogP contribution in [0.1, 0.15) is 36.3 Å². The number of amides is 1. The van der Waals surface area contributed by atoms with Crippen LogP contribution in [0.2, 0.25) is 0 Å². The van der Waals surface area contributed by atoms with Gasteiger partial charge in [0.1, 0.15) is 5.82 Å². The van der Waals surface area contributed by atoms with Gasteiger partial charge in [-0.3, -0.25) is 9.78 Å². The molecular weight excluding hydrogens is 283 g/mol. The second-order valence-corrected chi connectivity index (χ2v) is 5.83. The van der Waals surface area contributed by atoms with Crippen molar-refractivity contribution in [3.05, 3.63) is 41.3 Å². The van der Waals surface area contributed by atoms with Crippen LogP contribution in [0.3, 0.4) is 0 Å². The van der Waals surface area contributed by atoms with Gasteiger partial charge < -0.3 is 10.4 Å². The number of fused-ring (bicyclic) bond motifs is 1. The standard InChI is InChI=1S/C17H21FN2O2/c1-10(2)16(21)6-7-19-17(22)14-8-11(3)20-15-9-12(18)4-5-13(14)15/h4-5,8-10,16,21H,6-7H2,1-3H3,(H,19,22). The highest BCUT2D eigenvalue weighted by Gasteiger charge is 2.14. The molecule has 118 valence electrons. The van der Waals surface area contributed by atoms with Crippen LogP contribution in [0, 0.1) is 18.7 Å². The molecule has 2 N–H and O–H groups in total. The molecule has 0 spiro atoms. The first-order valence-electron chi connectivity index (χ1n) is 7.41. The quantitative estimate of drug-likeness (QED) is 0.893. The van der Waals surface area contributed by atoms with Crippen LogP contribution in [-0.4, -0.2) is 28.6 Å². The van der Waals surface area contributed by atoms with Gasteiger partial charge in [-0.2, -0.15) is 0 Å². The van der Waals surface area contributed by atoms with Crippen LogP contribution in [0.4, 0.5) is 4.39 Å². The third-order valence-electron chi connectivity index (χ3n) is 3.64. The van der Waals surface area contributed by atoms with E-state index < -0.39 is 6.10 Å². The number of aliphatic hydroxyl groups is 1. The molecule has 1 atom stereocenters. The summed E-state index contributed by atoms with van der Waals surface area (Å²) in [4.78, 5) is 16.6. The van der Waals surface area contributed by atoms with Crippen molar-refractivity contribution in [2.24, 2.45) is 5.92 Å². The number of nitrogens with zero attached hydrogens (tertiary/aromatic N) is 1. The average Bonchev–Trinajstić information content (AvgIpc) is 2.45. The van der Waals surface area contributed by atoms with Crippen LogP contribution in [0.15, 0.2) is 24.3 Å². The Balaban J connectivity index is 2.17. The fourth-order valence-corrected chi connectivity index (χ4v) is 2.28. The molecule has 0 aliphatic heterocycles. The molecule has 2 aromatic rings. The molecule has 1 aromatic carbocycles. The van der Waals surface area contributed by atoms with E-state index in [0.717, 1.165) is 0 Å². The first-order chi connectivity index (χ1) is 10.4. The van der Waals surface area contributed by atoms with E-state index in [1.807, 2.05) is 13.8 Å². The van der Waals surface area contributed by atoms with Crippen molar-refractivity contribution in [1.82, 2.24) is 10.3 Å². The minimum absolute atomic E-state index is 0.156. The Hall–Kier alpha value is -2.01. The second kappa shape index (κ2) is 6.83. The van der Waals surface area contributed by atoms with Gasteiger partial charge in [-0.05, 0) is 37.5 Å². The van der Waals surface area contributed by atoms with Crippen LogP contribution in [0.25, 0.3) is 10.9 Å². The van der Waals surface area contributed by atoms with E-state index in [1.54, 1.807) is 19.1 Å². The van der Waals surface area contributed by atoms with Crippen LogP contribution in [0.5, 0.6) is 0 Å². The van der Waals surface area contributed by atoms with Gasteiger partial charge in [0.25, 0.3) is 5.91 Å². The van der Waals surface area contributed by atoms with Crippen molar-refractivity contribution >= 4 is 16.8 Å². The first-order valence-corrected chi connectivity index (χ1v) is 7.41. The highest BCUT2D eigenvalue weighted by Crippen LogP contribution is 2.19. The van der Waals surface area contributed by atoms with Crippen molar-refractivity contribution in [2.75, 3.05) is 6.54 Å². The summed E-state index contributed by atoms with van der Waals surface area (Å²) in [6.07, 6.45) is 0.0605. The molecule has 1 heterocycles. The lowest BCUT2D eigenvalue weighted by Gasteiger charge is -2.15. The third kappa shape index (κ3) is 3.80. The topological polar surface area (TPSA) is 62.2 Å². The van der Waals surface area contributed by atoms with Gasteiger partial charge in [-0.15, -0.1) is 0 Å². The molecule has 0 saturated carbocycles. The Morgan fingerprint density at radius 2 is 2.09 bits per heavy atom. The Kier molecular flexibility index (Phi) is 5.08. The summed E-state index contributed by atoms with van der Waals surface area (Å²) in [5.41, 5.74) is 1.60. The maximum absolute atomic E-state index is 13.3. The predicted molar refractivity (Wildman–Crippen MR) is 84.2 cm³/mol. The fraction of sp³-hybridized carbons (Fsp3) is 0.412. The van der Waals surface area contributed by atoms with Crippen LogP contribution in [-0.2, 0) is 0 Å². The van der Waals surface area contributed by atoms with Gasteiger partial charge in [-0.25, -0.2) is 4.39 Å². The Morgan fingerprint density at radius 1 is 1.36 bits per heavy atom. The van der Waals surface area contributed by atoms with Crippen molar-refractivity contribution in [2.45, 2.75) is 33.3 Å². The summed E-state index contributed by atoms with van der Waals surface area (Å²) in [7, 11) is 0. The van der Waals surface area contributed by atoms with Crippen LogP contribution >= 0.6 is 0 Å². The lowest BCUT2D eigenvalue weighted by Crippen LogP contribution is -2.29. The number of aryl methyl sites for hydroxylation is 1. The van der Waals surface area contributed by atoms with E-state index in [1.165, 1.54) is 12.1 Å². The molecule has 22 heavy (non-hydrogen) atoms. The van der Waals surface area contributed by atoms with Crippen molar-refractivity contribution in [1.29, 1.82) is 0 Å². The van der Waals surface area contributed by atoms with Gasteiger partial charge >= 0.3 is 0 Å². The molecule has 5 heteroatoms. The molecule has 2 rings (SSSR count). The SMILES string of the molecule is Cc1cc(C(=O)NCCC(O)C(C)C)c2ccc(F)cc2n1. The Morgan fingerprint density at radius 3 is 2.77 bits per heavy atom. The normalized spacial score (nSPS) is 12.6. The molecule has 0 aliphatic rings. The summed E-state index contributed by atoms with van der Waals surface area (Å²) < 4.78 is 13.3. The van der Waals surface area contributed by atoms with E-state index in [0.29, 0.717) is 35.1 Å².